The largest absolute Gasteiger partial charge is 0.345 e. The summed E-state index contributed by atoms with van der Waals surface area (Å²) >= 11 is 0. The molecule has 2 heterocycles. The van der Waals surface area contributed by atoms with E-state index in [1.54, 1.807) is 6.07 Å². The highest BCUT2D eigenvalue weighted by Crippen LogP contribution is 2.40. The maximum atomic E-state index is 13.3. The third-order valence-electron chi connectivity index (χ3n) is 5.96. The van der Waals surface area contributed by atoms with E-state index in [9.17, 15) is 14.4 Å². The van der Waals surface area contributed by atoms with Crippen LogP contribution in [-0.2, 0) is 13.0 Å². The molecule has 3 aromatic rings. The molecule has 2 aliphatic rings. The summed E-state index contributed by atoms with van der Waals surface area (Å²) in [6, 6.07) is 9.75. The monoisotopic (exact) mass is 390 g/mol. The summed E-state index contributed by atoms with van der Waals surface area (Å²) in [5.41, 5.74) is 2.67. The molecule has 0 bridgehead atoms. The molecule has 148 valence electrons. The molecule has 0 aliphatic heterocycles. The molecule has 5 rings (SSSR count). The lowest BCUT2D eigenvalue weighted by molar-refractivity contribution is 0.0938. The number of rotatable bonds is 4. The summed E-state index contributed by atoms with van der Waals surface area (Å²) in [5.74, 6) is -0.00865. The minimum absolute atomic E-state index is 0.0811. The highest BCUT2D eigenvalue weighted by Gasteiger charge is 2.30. The number of amides is 1. The molecule has 0 radical (unpaired) electrons. The van der Waals surface area contributed by atoms with Gasteiger partial charge in [-0.3, -0.25) is 19.1 Å². The van der Waals surface area contributed by atoms with Crippen LogP contribution in [0.4, 0.5) is 0 Å². The third-order valence-corrected chi connectivity index (χ3v) is 5.96. The lowest BCUT2D eigenvalue weighted by atomic mass is 10.1. The predicted octanol–water partition coefficient (Wildman–Crippen LogP) is 2.40. The van der Waals surface area contributed by atoms with E-state index < -0.39 is 11.2 Å². The van der Waals surface area contributed by atoms with Crippen molar-refractivity contribution in [1.29, 1.82) is 0 Å². The number of carbonyl (C=O) groups is 1. The Bertz CT molecular complexity index is 1250. The van der Waals surface area contributed by atoms with Crippen molar-refractivity contribution in [2.75, 3.05) is 0 Å². The van der Waals surface area contributed by atoms with E-state index in [1.165, 1.54) is 10.1 Å². The number of fused-ring (bicyclic) bond motifs is 2. The van der Waals surface area contributed by atoms with E-state index in [1.807, 2.05) is 25.1 Å². The Balaban J connectivity index is 1.63. The van der Waals surface area contributed by atoms with Gasteiger partial charge in [-0.1, -0.05) is 24.3 Å². The molecule has 1 fully saturated rings. The Hall–Kier alpha value is -3.22. The number of benzene rings is 1. The van der Waals surface area contributed by atoms with Crippen LogP contribution in [0.2, 0.25) is 0 Å². The van der Waals surface area contributed by atoms with Crippen LogP contribution in [0.15, 0.2) is 39.9 Å². The Morgan fingerprint density at radius 2 is 2.03 bits per heavy atom. The first-order valence-electron chi connectivity index (χ1n) is 10.1. The van der Waals surface area contributed by atoms with Crippen molar-refractivity contribution in [1.82, 2.24) is 19.9 Å². The van der Waals surface area contributed by atoms with Gasteiger partial charge in [0, 0.05) is 18.2 Å². The van der Waals surface area contributed by atoms with Crippen molar-refractivity contribution in [3.8, 4) is 0 Å². The van der Waals surface area contributed by atoms with E-state index in [-0.39, 0.29) is 23.3 Å². The van der Waals surface area contributed by atoms with Gasteiger partial charge < -0.3 is 5.32 Å². The summed E-state index contributed by atoms with van der Waals surface area (Å²) in [4.78, 5) is 45.1. The van der Waals surface area contributed by atoms with Gasteiger partial charge in [0.25, 0.3) is 11.5 Å². The topological polar surface area (TPSA) is 96.9 Å². The first-order chi connectivity index (χ1) is 14.1. The Labute approximate surface area is 166 Å². The zero-order valence-corrected chi connectivity index (χ0v) is 16.2. The maximum absolute atomic E-state index is 13.3. The number of H-pyrrole nitrogens is 1. The van der Waals surface area contributed by atoms with Gasteiger partial charge >= 0.3 is 5.69 Å². The average Bonchev–Trinajstić information content (AvgIpc) is 3.49. The van der Waals surface area contributed by atoms with Gasteiger partial charge in [0.05, 0.1) is 17.0 Å². The van der Waals surface area contributed by atoms with Crippen LogP contribution in [-0.4, -0.2) is 20.4 Å². The van der Waals surface area contributed by atoms with Crippen molar-refractivity contribution in [3.63, 3.8) is 0 Å². The van der Waals surface area contributed by atoms with Crippen LogP contribution in [0.25, 0.3) is 11.0 Å². The number of carbonyl (C=O) groups excluding carboxylic acids is 1. The SMILES string of the molecule is CCn1c(=O)[nH]c(=O)c2c(C(=O)N[C@@H]3CCc4ccccc43)cc(C3CC3)nc21. The van der Waals surface area contributed by atoms with E-state index in [4.69, 9.17) is 0 Å². The second kappa shape index (κ2) is 6.69. The number of aromatic nitrogens is 3. The van der Waals surface area contributed by atoms with Crippen molar-refractivity contribution < 1.29 is 4.79 Å². The van der Waals surface area contributed by atoms with Gasteiger partial charge in [-0.05, 0) is 49.8 Å². The van der Waals surface area contributed by atoms with Gasteiger partial charge in [-0.25, -0.2) is 9.78 Å². The molecule has 1 atom stereocenters. The van der Waals surface area contributed by atoms with Crippen LogP contribution in [0.3, 0.4) is 0 Å². The van der Waals surface area contributed by atoms with Crippen LogP contribution >= 0.6 is 0 Å². The minimum Gasteiger partial charge on any atom is -0.345 e. The van der Waals surface area contributed by atoms with Gasteiger partial charge in [0.2, 0.25) is 0 Å². The van der Waals surface area contributed by atoms with Crippen molar-refractivity contribution in [3.05, 3.63) is 73.6 Å². The zero-order chi connectivity index (χ0) is 20.1. The lowest BCUT2D eigenvalue weighted by Gasteiger charge is -2.16. The minimum atomic E-state index is -0.568. The smallest absolute Gasteiger partial charge is 0.329 e. The van der Waals surface area contributed by atoms with Crippen LogP contribution in [0.5, 0.6) is 0 Å². The first kappa shape index (κ1) is 17.8. The second-order valence-electron chi connectivity index (χ2n) is 7.83. The fourth-order valence-corrected chi connectivity index (χ4v) is 4.30. The highest BCUT2D eigenvalue weighted by molar-refractivity contribution is 6.05. The highest BCUT2D eigenvalue weighted by atomic mass is 16.2. The molecule has 7 heteroatoms. The molecule has 1 saturated carbocycles. The first-order valence-corrected chi connectivity index (χ1v) is 10.1. The van der Waals surface area contributed by atoms with E-state index in [0.717, 1.165) is 36.9 Å². The van der Waals surface area contributed by atoms with Gasteiger partial charge in [-0.15, -0.1) is 0 Å². The molecule has 1 amide bonds. The number of hydrogen-bond donors (Lipinski definition) is 2. The molecule has 1 aromatic carbocycles. The lowest BCUT2D eigenvalue weighted by Crippen LogP contribution is -2.34. The summed E-state index contributed by atoms with van der Waals surface area (Å²) < 4.78 is 1.42. The molecule has 0 unspecified atom stereocenters. The van der Waals surface area contributed by atoms with E-state index >= 15 is 0 Å². The second-order valence-corrected chi connectivity index (χ2v) is 7.83. The average molecular weight is 390 g/mol. The maximum Gasteiger partial charge on any atom is 0.329 e. The molecule has 7 nitrogen and oxygen atoms in total. The zero-order valence-electron chi connectivity index (χ0n) is 16.2. The standard InChI is InChI=1S/C22H22N4O3/c1-2-26-19-18(21(28)25-22(26)29)15(11-17(23-19)13-7-8-13)20(27)24-16-10-9-12-5-3-4-6-14(12)16/h3-6,11,13,16H,2,7-10H2,1H3,(H,24,27)(H,25,28,29)/t16-/m1/s1. The molecular weight excluding hydrogens is 368 g/mol. The van der Waals surface area contributed by atoms with Gasteiger partial charge in [0.1, 0.15) is 0 Å². The molecular formula is C22H22N4O3. The van der Waals surface area contributed by atoms with Crippen LogP contribution in [0.1, 0.15) is 65.3 Å². The van der Waals surface area contributed by atoms with Crippen molar-refractivity contribution >= 4 is 16.9 Å². The molecule has 0 spiro atoms. The quantitative estimate of drug-likeness (QED) is 0.715. The Kier molecular flexibility index (Phi) is 4.12. The van der Waals surface area contributed by atoms with E-state index in [2.05, 4.69) is 21.4 Å². The number of pyridine rings is 1. The molecule has 2 aromatic heterocycles. The summed E-state index contributed by atoms with van der Waals surface area (Å²) in [6.45, 7) is 2.18. The summed E-state index contributed by atoms with van der Waals surface area (Å²) in [5, 5.41) is 3.28. The van der Waals surface area contributed by atoms with Crippen molar-refractivity contribution in [2.24, 2.45) is 0 Å². The number of hydrogen-bond acceptors (Lipinski definition) is 4. The summed E-state index contributed by atoms with van der Waals surface area (Å²) in [7, 11) is 0. The number of nitrogens with one attached hydrogen (secondary N) is 2. The molecule has 29 heavy (non-hydrogen) atoms. The summed E-state index contributed by atoms with van der Waals surface area (Å²) in [6.07, 6.45) is 3.77. The predicted molar refractivity (Wildman–Crippen MR) is 109 cm³/mol. The fraction of sp³-hybridized carbons (Fsp3) is 0.364. The molecule has 2 N–H and O–H groups in total. The normalized spacial score (nSPS) is 18.0. The van der Waals surface area contributed by atoms with Gasteiger partial charge in [0.15, 0.2) is 5.65 Å². The Morgan fingerprint density at radius 1 is 1.24 bits per heavy atom. The fourth-order valence-electron chi connectivity index (χ4n) is 4.30. The molecule has 2 aliphatic carbocycles. The van der Waals surface area contributed by atoms with Crippen molar-refractivity contribution in [2.45, 2.75) is 51.1 Å². The molecule has 0 saturated heterocycles. The number of nitrogens with zero attached hydrogens (tertiary/aromatic N) is 2. The number of aryl methyl sites for hydroxylation is 2. The van der Waals surface area contributed by atoms with E-state index in [0.29, 0.717) is 17.8 Å². The third kappa shape index (κ3) is 2.97. The Morgan fingerprint density at radius 3 is 2.79 bits per heavy atom. The van der Waals surface area contributed by atoms with Crippen LogP contribution in [0, 0.1) is 0 Å². The number of aromatic amines is 1. The van der Waals surface area contributed by atoms with Crippen LogP contribution < -0.4 is 16.6 Å². The van der Waals surface area contributed by atoms with Gasteiger partial charge in [-0.2, -0.15) is 0 Å².